The van der Waals surface area contributed by atoms with Crippen molar-refractivity contribution in [2.45, 2.75) is 137 Å². The van der Waals surface area contributed by atoms with Gasteiger partial charge in [0.1, 0.15) is 17.7 Å². The van der Waals surface area contributed by atoms with Gasteiger partial charge >= 0.3 is 6.09 Å². The first-order valence-electron chi connectivity index (χ1n) is 15.2. The average molecular weight is 575 g/mol. The highest BCUT2D eigenvalue weighted by Gasteiger charge is 2.37. The summed E-state index contributed by atoms with van der Waals surface area (Å²) >= 11 is 0. The van der Waals surface area contributed by atoms with E-state index in [1.807, 2.05) is 39.0 Å². The zero-order valence-electron chi connectivity index (χ0n) is 26.6. The van der Waals surface area contributed by atoms with Crippen LogP contribution in [-0.4, -0.2) is 52.9 Å². The van der Waals surface area contributed by atoms with Crippen molar-refractivity contribution >= 4 is 23.8 Å². The van der Waals surface area contributed by atoms with E-state index < -0.39 is 42.0 Å². The van der Waals surface area contributed by atoms with Crippen molar-refractivity contribution < 1.29 is 23.9 Å². The maximum atomic E-state index is 14.2. The molecule has 0 fully saturated rings. The molecular weight excluding hydrogens is 520 g/mol. The molecule has 0 aliphatic heterocycles. The average Bonchev–Trinajstić information content (AvgIpc) is 2.84. The summed E-state index contributed by atoms with van der Waals surface area (Å²) in [6.07, 6.45) is 6.39. The summed E-state index contributed by atoms with van der Waals surface area (Å²) in [5, 5.41) is 5.64. The second-order valence-corrected chi connectivity index (χ2v) is 12.1. The van der Waals surface area contributed by atoms with E-state index in [1.54, 1.807) is 20.8 Å². The van der Waals surface area contributed by atoms with Crippen LogP contribution in [0.2, 0.25) is 0 Å². The first-order chi connectivity index (χ1) is 19.2. The molecule has 3 atom stereocenters. The molecule has 0 aliphatic carbocycles. The second-order valence-electron chi connectivity index (χ2n) is 12.1. The van der Waals surface area contributed by atoms with E-state index in [4.69, 9.17) is 10.5 Å². The summed E-state index contributed by atoms with van der Waals surface area (Å²) < 4.78 is 5.37. The Balaban J connectivity index is 3.55. The Labute approximate surface area is 247 Å². The van der Waals surface area contributed by atoms with Crippen molar-refractivity contribution in [3.63, 3.8) is 0 Å². The number of ether oxygens (including phenoxy) is 1. The fraction of sp³-hybridized carbons (Fsp3) is 0.688. The molecule has 0 aliphatic rings. The third kappa shape index (κ3) is 13.4. The van der Waals surface area contributed by atoms with Crippen molar-refractivity contribution in [2.24, 2.45) is 5.73 Å². The molecule has 0 radical (unpaired) electrons. The van der Waals surface area contributed by atoms with E-state index in [9.17, 15) is 19.2 Å². The van der Waals surface area contributed by atoms with Gasteiger partial charge in [0.2, 0.25) is 17.7 Å². The van der Waals surface area contributed by atoms with Crippen LogP contribution in [0.25, 0.3) is 0 Å². The highest BCUT2D eigenvalue weighted by atomic mass is 16.6. The molecule has 3 unspecified atom stereocenters. The SMILES string of the molecule is CCCCCCCCN(C(=O)C(CC(N)=O)NC(=O)OC(C)(C)C)C(C(=O)NC(C)CCC)c1ccc(C)cc1C. The fourth-order valence-electron chi connectivity index (χ4n) is 4.89. The summed E-state index contributed by atoms with van der Waals surface area (Å²) in [4.78, 5) is 54.4. The number of carbonyl (C=O) groups is 4. The first kappa shape index (κ1) is 35.9. The smallest absolute Gasteiger partial charge is 0.408 e. The number of unbranched alkanes of at least 4 members (excludes halogenated alkanes) is 5. The van der Waals surface area contributed by atoms with Crippen molar-refractivity contribution in [3.05, 3.63) is 34.9 Å². The van der Waals surface area contributed by atoms with Crippen molar-refractivity contribution in [3.8, 4) is 0 Å². The van der Waals surface area contributed by atoms with Crippen LogP contribution in [0.5, 0.6) is 0 Å². The highest BCUT2D eigenvalue weighted by Crippen LogP contribution is 2.28. The lowest BCUT2D eigenvalue weighted by Crippen LogP contribution is -2.54. The van der Waals surface area contributed by atoms with E-state index >= 15 is 0 Å². The molecule has 0 saturated carbocycles. The molecule has 0 heterocycles. The Morgan fingerprint density at radius 3 is 2.15 bits per heavy atom. The zero-order valence-corrected chi connectivity index (χ0v) is 26.6. The lowest BCUT2D eigenvalue weighted by Gasteiger charge is -2.35. The van der Waals surface area contributed by atoms with Crippen LogP contribution in [0, 0.1) is 13.8 Å². The van der Waals surface area contributed by atoms with Crippen LogP contribution < -0.4 is 16.4 Å². The highest BCUT2D eigenvalue weighted by molar-refractivity contribution is 5.94. The van der Waals surface area contributed by atoms with E-state index in [0.717, 1.165) is 56.1 Å². The third-order valence-corrected chi connectivity index (χ3v) is 6.82. The standard InChI is InChI=1S/C32H54N4O5/c1-9-11-12-13-14-15-19-36(30(39)26(21-27(33)37)35-31(40)41-32(6,7)8)28(29(38)34-24(5)16-10-2)25-18-17-22(3)20-23(25)4/h17-18,20,24,26,28H,9-16,19,21H2,1-8H3,(H2,33,37)(H,34,38)(H,35,40). The minimum Gasteiger partial charge on any atom is -0.444 e. The van der Waals surface area contributed by atoms with Crippen molar-refractivity contribution in [1.82, 2.24) is 15.5 Å². The number of nitrogens with one attached hydrogen (secondary N) is 2. The number of aryl methyl sites for hydroxylation is 2. The number of nitrogens with two attached hydrogens (primary N) is 1. The monoisotopic (exact) mass is 574 g/mol. The second kappa shape index (κ2) is 17.7. The van der Waals surface area contributed by atoms with Crippen molar-refractivity contribution in [2.75, 3.05) is 6.54 Å². The minimum atomic E-state index is -1.28. The van der Waals surface area contributed by atoms with E-state index in [1.165, 1.54) is 4.90 Å². The summed E-state index contributed by atoms with van der Waals surface area (Å²) in [6, 6.07) is 3.47. The molecule has 9 heteroatoms. The quantitative estimate of drug-likeness (QED) is 0.208. The molecular formula is C32H54N4O5. The maximum Gasteiger partial charge on any atom is 0.408 e. The third-order valence-electron chi connectivity index (χ3n) is 6.82. The van der Waals surface area contributed by atoms with E-state index in [2.05, 4.69) is 24.5 Å². The number of benzene rings is 1. The largest absolute Gasteiger partial charge is 0.444 e. The maximum absolute atomic E-state index is 14.2. The van der Waals surface area contributed by atoms with Gasteiger partial charge < -0.3 is 26.0 Å². The molecule has 1 aromatic rings. The summed E-state index contributed by atoms with van der Waals surface area (Å²) in [5.41, 5.74) is 7.32. The number of hydrogen-bond acceptors (Lipinski definition) is 5. The molecule has 0 saturated heterocycles. The molecule has 4 N–H and O–H groups in total. The predicted octanol–water partition coefficient (Wildman–Crippen LogP) is 5.61. The van der Waals surface area contributed by atoms with Gasteiger partial charge in [0.25, 0.3) is 0 Å². The molecule has 1 rings (SSSR count). The van der Waals surface area contributed by atoms with Gasteiger partial charge in [0.05, 0.1) is 6.42 Å². The van der Waals surface area contributed by atoms with Crippen LogP contribution in [0.15, 0.2) is 18.2 Å². The lowest BCUT2D eigenvalue weighted by atomic mass is 9.95. The van der Waals surface area contributed by atoms with Gasteiger partial charge in [0.15, 0.2) is 0 Å². The van der Waals surface area contributed by atoms with Crippen LogP contribution in [-0.2, 0) is 19.1 Å². The number of primary amides is 1. The Morgan fingerprint density at radius 1 is 0.951 bits per heavy atom. The lowest BCUT2D eigenvalue weighted by molar-refractivity contribution is -0.143. The summed E-state index contributed by atoms with van der Waals surface area (Å²) in [6.45, 7) is 15.5. The van der Waals surface area contributed by atoms with Gasteiger partial charge in [-0.15, -0.1) is 0 Å². The molecule has 41 heavy (non-hydrogen) atoms. The number of amides is 4. The summed E-state index contributed by atoms with van der Waals surface area (Å²) in [5.74, 6) is -1.60. The Morgan fingerprint density at radius 2 is 1.59 bits per heavy atom. The normalized spacial score (nSPS) is 13.6. The van der Waals surface area contributed by atoms with E-state index in [-0.39, 0.29) is 18.5 Å². The van der Waals surface area contributed by atoms with Crippen LogP contribution in [0.4, 0.5) is 4.79 Å². The van der Waals surface area contributed by atoms with Gasteiger partial charge in [-0.2, -0.15) is 0 Å². The Bertz CT molecular complexity index is 1000. The Hall–Kier alpha value is -3.10. The first-order valence-corrected chi connectivity index (χ1v) is 15.2. The molecule has 9 nitrogen and oxygen atoms in total. The van der Waals surface area contributed by atoms with Gasteiger partial charge in [-0.25, -0.2) is 4.79 Å². The van der Waals surface area contributed by atoms with Crippen LogP contribution in [0.1, 0.15) is 122 Å². The van der Waals surface area contributed by atoms with Crippen LogP contribution >= 0.6 is 0 Å². The minimum absolute atomic E-state index is 0.0898. The molecule has 0 aromatic heterocycles. The number of alkyl carbamates (subject to hydrolysis) is 1. The molecule has 0 spiro atoms. The number of hydrogen-bond donors (Lipinski definition) is 3. The van der Waals surface area contributed by atoms with Gasteiger partial charge in [0, 0.05) is 12.6 Å². The van der Waals surface area contributed by atoms with Gasteiger partial charge in [-0.3, -0.25) is 14.4 Å². The van der Waals surface area contributed by atoms with E-state index in [0.29, 0.717) is 12.0 Å². The topological polar surface area (TPSA) is 131 Å². The zero-order chi connectivity index (χ0) is 31.2. The molecule has 4 amide bonds. The van der Waals surface area contributed by atoms with Gasteiger partial charge in [-0.05, 0) is 65.5 Å². The number of carbonyl (C=O) groups excluding carboxylic acids is 4. The summed E-state index contributed by atoms with van der Waals surface area (Å²) in [7, 11) is 0. The van der Waals surface area contributed by atoms with Gasteiger partial charge in [-0.1, -0.05) is 76.1 Å². The Kier molecular flexibility index (Phi) is 15.5. The fourth-order valence-corrected chi connectivity index (χ4v) is 4.89. The van der Waals surface area contributed by atoms with Crippen LogP contribution in [0.3, 0.4) is 0 Å². The molecule has 0 bridgehead atoms. The predicted molar refractivity (Wildman–Crippen MR) is 163 cm³/mol. The molecule has 232 valence electrons. The van der Waals surface area contributed by atoms with Crippen molar-refractivity contribution in [1.29, 1.82) is 0 Å². The number of nitrogens with zero attached hydrogens (tertiary/aromatic N) is 1. The number of rotatable bonds is 17. The molecule has 1 aromatic carbocycles.